The number of phenolic OH excluding ortho intramolecular Hbond substituents is 1. The fourth-order valence-electron chi connectivity index (χ4n) is 6.57. The first-order valence-electron chi connectivity index (χ1n) is 12.4. The Labute approximate surface area is 225 Å². The summed E-state index contributed by atoms with van der Waals surface area (Å²) < 4.78 is 16.6. The van der Waals surface area contributed by atoms with E-state index in [1.54, 1.807) is 12.1 Å². The van der Waals surface area contributed by atoms with Gasteiger partial charge in [-0.05, 0) is 51.1 Å². The highest BCUT2D eigenvalue weighted by atomic mass is 16.6. The monoisotopic (exact) mass is 546 g/mol. The number of aliphatic hydroxyl groups is 1. The lowest BCUT2D eigenvalue weighted by Crippen LogP contribution is -2.74. The number of nitrogens with one attached hydrogen (secondary N) is 1. The van der Waals surface area contributed by atoms with Crippen LogP contribution in [-0.4, -0.2) is 87.5 Å². The first-order valence-corrected chi connectivity index (χ1v) is 12.4. The summed E-state index contributed by atoms with van der Waals surface area (Å²) in [5.41, 5.74) is -0.525. The van der Waals surface area contributed by atoms with Gasteiger partial charge in [0, 0.05) is 24.9 Å². The third-order valence-corrected chi connectivity index (χ3v) is 8.28. The number of hydrogen-bond donors (Lipinski definition) is 4. The van der Waals surface area contributed by atoms with Crippen LogP contribution in [0.1, 0.15) is 51.7 Å². The summed E-state index contributed by atoms with van der Waals surface area (Å²) >= 11 is 0. The molecule has 0 aromatic heterocycles. The second-order valence-corrected chi connectivity index (χ2v) is 10.4. The molecule has 1 fully saturated rings. The number of carboxylic acid groups (broad SMARTS) is 1. The molecule has 2 heterocycles. The van der Waals surface area contributed by atoms with Gasteiger partial charge in [0.25, 0.3) is 5.91 Å². The standard InChI is InChI=1S/C26H30N2O10.CH4/c1-12(36-13(2)29)23(32)27-15(24(33)34)11-19(31)37-17-6-7-26(35)18-10-14-4-5-16(30)21-20(14)25(26,22(17)38-21)8-9-28(18)3;/h4-6,12,15,18,22,30,35H,7-11H2,1-3H3,(H,27,32)(H,33,34);1H4/t12-,15-,18+,22-,25-,26+;/m0./s1. The van der Waals surface area contributed by atoms with Crippen molar-refractivity contribution in [1.29, 1.82) is 0 Å². The van der Waals surface area contributed by atoms with Crippen molar-refractivity contribution in [3.05, 3.63) is 35.1 Å². The Morgan fingerprint density at radius 2 is 2.00 bits per heavy atom. The van der Waals surface area contributed by atoms with E-state index in [0.717, 1.165) is 18.1 Å². The highest BCUT2D eigenvalue weighted by Gasteiger charge is 2.72. The minimum atomic E-state index is -1.63. The summed E-state index contributed by atoms with van der Waals surface area (Å²) in [6.07, 6.45) is -0.0615. The van der Waals surface area contributed by atoms with Crippen molar-refractivity contribution in [3.63, 3.8) is 0 Å². The number of rotatable bonds is 7. The van der Waals surface area contributed by atoms with Gasteiger partial charge in [0.15, 0.2) is 23.7 Å². The Balaban J connectivity index is 0.00000353. The van der Waals surface area contributed by atoms with Crippen molar-refractivity contribution in [2.24, 2.45) is 0 Å². The van der Waals surface area contributed by atoms with Gasteiger partial charge in [-0.3, -0.25) is 14.4 Å². The highest BCUT2D eigenvalue weighted by Crippen LogP contribution is 2.65. The molecule has 212 valence electrons. The molecular formula is C27H34N2O10. The third-order valence-electron chi connectivity index (χ3n) is 8.28. The zero-order chi connectivity index (χ0) is 27.6. The first kappa shape index (κ1) is 28.4. The normalized spacial score (nSPS) is 29.4. The Morgan fingerprint density at radius 1 is 1.28 bits per heavy atom. The van der Waals surface area contributed by atoms with E-state index in [2.05, 4.69) is 10.2 Å². The summed E-state index contributed by atoms with van der Waals surface area (Å²) in [4.78, 5) is 50.1. The summed E-state index contributed by atoms with van der Waals surface area (Å²) in [5.74, 6) is -3.70. The van der Waals surface area contributed by atoms with Crippen LogP contribution in [0.3, 0.4) is 0 Å². The van der Waals surface area contributed by atoms with Gasteiger partial charge in [0.1, 0.15) is 11.8 Å². The van der Waals surface area contributed by atoms with Crippen LogP contribution in [0.4, 0.5) is 0 Å². The fourth-order valence-corrected chi connectivity index (χ4v) is 6.57. The average Bonchev–Trinajstić information content (AvgIpc) is 3.20. The molecule has 4 N–H and O–H groups in total. The number of amides is 1. The van der Waals surface area contributed by atoms with Crippen LogP contribution in [0.25, 0.3) is 0 Å². The van der Waals surface area contributed by atoms with Crippen LogP contribution in [0.15, 0.2) is 24.0 Å². The van der Waals surface area contributed by atoms with E-state index >= 15 is 0 Å². The van der Waals surface area contributed by atoms with Crippen LogP contribution >= 0.6 is 0 Å². The molecule has 2 aliphatic carbocycles. The molecule has 2 aliphatic heterocycles. The van der Waals surface area contributed by atoms with E-state index in [1.807, 2.05) is 13.1 Å². The number of likely N-dealkylation sites (N-methyl/N-ethyl adjacent to an activating group) is 1. The van der Waals surface area contributed by atoms with Crippen LogP contribution in [0, 0.1) is 0 Å². The first-order chi connectivity index (χ1) is 17.9. The van der Waals surface area contributed by atoms with E-state index in [-0.39, 0.29) is 37.1 Å². The Kier molecular flexibility index (Phi) is 7.15. The van der Waals surface area contributed by atoms with Gasteiger partial charge in [-0.15, -0.1) is 0 Å². The molecule has 1 amide bonds. The number of aromatic hydroxyl groups is 1. The van der Waals surface area contributed by atoms with Crippen molar-refractivity contribution in [2.45, 2.75) is 82.3 Å². The molecule has 5 rings (SSSR count). The topological polar surface area (TPSA) is 172 Å². The lowest BCUT2D eigenvalue weighted by molar-refractivity contribution is -0.170. The van der Waals surface area contributed by atoms with Crippen molar-refractivity contribution >= 4 is 23.8 Å². The predicted molar refractivity (Wildman–Crippen MR) is 135 cm³/mol. The van der Waals surface area contributed by atoms with Crippen LogP contribution in [0.5, 0.6) is 11.5 Å². The maximum atomic E-state index is 12.9. The largest absolute Gasteiger partial charge is 0.504 e. The molecule has 1 saturated heterocycles. The van der Waals surface area contributed by atoms with Crippen molar-refractivity contribution in [2.75, 3.05) is 13.6 Å². The molecule has 1 aromatic rings. The minimum absolute atomic E-state index is 0. The van der Waals surface area contributed by atoms with Crippen molar-refractivity contribution in [1.82, 2.24) is 10.2 Å². The summed E-state index contributed by atoms with van der Waals surface area (Å²) in [7, 11) is 1.95. The average molecular weight is 547 g/mol. The van der Waals surface area contributed by atoms with Gasteiger partial charge in [-0.25, -0.2) is 4.79 Å². The molecule has 39 heavy (non-hydrogen) atoms. The molecule has 6 atom stereocenters. The van der Waals surface area contributed by atoms with Gasteiger partial charge in [-0.1, -0.05) is 13.5 Å². The maximum Gasteiger partial charge on any atom is 0.326 e. The number of piperidine rings is 1. The molecule has 1 aromatic carbocycles. The van der Waals surface area contributed by atoms with Crippen molar-refractivity contribution in [3.8, 4) is 11.5 Å². The number of hydrogen-bond acceptors (Lipinski definition) is 10. The van der Waals surface area contributed by atoms with Gasteiger partial charge < -0.3 is 39.7 Å². The van der Waals surface area contributed by atoms with Gasteiger partial charge in [0.05, 0.1) is 17.4 Å². The molecule has 4 aliphatic rings. The second-order valence-electron chi connectivity index (χ2n) is 10.4. The number of esters is 2. The van der Waals surface area contributed by atoms with Gasteiger partial charge in [0.2, 0.25) is 0 Å². The Morgan fingerprint density at radius 3 is 2.67 bits per heavy atom. The van der Waals surface area contributed by atoms with E-state index < -0.39 is 59.5 Å². The molecule has 12 heteroatoms. The minimum Gasteiger partial charge on any atom is -0.504 e. The molecule has 1 spiro atoms. The molecule has 0 unspecified atom stereocenters. The predicted octanol–water partition coefficient (Wildman–Crippen LogP) is 0.760. The summed E-state index contributed by atoms with van der Waals surface area (Å²) in [6.45, 7) is 3.04. The lowest BCUT2D eigenvalue weighted by atomic mass is 9.50. The zero-order valence-electron chi connectivity index (χ0n) is 21.2. The number of phenols is 1. The number of ether oxygens (including phenoxy) is 3. The number of likely N-dealkylation sites (tertiary alicyclic amines) is 1. The number of carbonyl (C=O) groups excluding carboxylic acids is 3. The van der Waals surface area contributed by atoms with E-state index in [0.29, 0.717) is 19.4 Å². The molecule has 2 bridgehead atoms. The van der Waals surface area contributed by atoms with Gasteiger partial charge >= 0.3 is 17.9 Å². The molecule has 0 saturated carbocycles. The lowest BCUT2D eigenvalue weighted by Gasteiger charge is -2.61. The van der Waals surface area contributed by atoms with Crippen LogP contribution in [-0.2, 0) is 40.5 Å². The second kappa shape index (κ2) is 9.83. The highest BCUT2D eigenvalue weighted by molar-refractivity contribution is 5.89. The van der Waals surface area contributed by atoms with Gasteiger partial charge in [-0.2, -0.15) is 0 Å². The molecular weight excluding hydrogens is 512 g/mol. The van der Waals surface area contributed by atoms with Crippen molar-refractivity contribution < 1.29 is 48.7 Å². The third kappa shape index (κ3) is 4.22. The van der Waals surface area contributed by atoms with E-state index in [9.17, 15) is 34.5 Å². The number of carboxylic acids is 1. The quantitative estimate of drug-likeness (QED) is 0.356. The molecule has 0 radical (unpaired) electrons. The zero-order valence-corrected chi connectivity index (χ0v) is 21.2. The Bertz CT molecular complexity index is 1260. The van der Waals surface area contributed by atoms with E-state index in [4.69, 9.17) is 14.2 Å². The number of aliphatic carboxylic acids is 1. The molecule has 12 nitrogen and oxygen atoms in total. The van der Waals surface area contributed by atoms with E-state index in [1.165, 1.54) is 6.92 Å². The van der Waals surface area contributed by atoms with Crippen LogP contribution < -0.4 is 10.1 Å². The summed E-state index contributed by atoms with van der Waals surface area (Å²) in [5, 5.41) is 34.4. The number of nitrogens with zero attached hydrogens (tertiary/aromatic N) is 1. The number of carbonyl (C=O) groups is 4. The smallest absolute Gasteiger partial charge is 0.326 e. The maximum absolute atomic E-state index is 12.9. The number of benzene rings is 1. The SMILES string of the molecule is C.CC(=O)O[C@@H](C)C(=O)N[C@@H](CC(=O)OC1=CC[C@@]2(O)[C@H]3Cc4ccc(O)c5c4[C@@]2(CCN3C)[C@H]1O5)C(=O)O. The Hall–Kier alpha value is -3.64. The fraction of sp³-hybridized carbons (Fsp3) is 0.556. The summed E-state index contributed by atoms with van der Waals surface area (Å²) in [6, 6.07) is 1.53. The van der Waals surface area contributed by atoms with Crippen LogP contribution in [0.2, 0.25) is 0 Å².